The Morgan fingerprint density at radius 3 is 2.57 bits per heavy atom. The van der Waals surface area contributed by atoms with E-state index in [-0.39, 0.29) is 0 Å². The minimum Gasteiger partial charge on any atom is -0.359 e. The van der Waals surface area contributed by atoms with Crippen molar-refractivity contribution in [3.8, 4) is 0 Å². The first-order valence-electron chi connectivity index (χ1n) is 3.48. The lowest BCUT2D eigenvalue weighted by Crippen LogP contribution is -1.74. The number of nitrogens with one attached hydrogen (secondary N) is 1. The van der Waals surface area contributed by atoms with Gasteiger partial charge >= 0.3 is 7.82 Å². The Morgan fingerprint density at radius 1 is 1.36 bits per heavy atom. The fourth-order valence-corrected chi connectivity index (χ4v) is 0.793. The summed E-state index contributed by atoms with van der Waals surface area (Å²) in [5.41, 5.74) is 1.95. The first-order chi connectivity index (χ1) is 6.47. The SMILES string of the molecule is O=P(O)(O)O.c1ncc2[nH]ccc2n1. The van der Waals surface area contributed by atoms with E-state index < -0.39 is 7.82 Å². The average molecular weight is 217 g/mol. The number of phosphoric acid groups is 1. The van der Waals surface area contributed by atoms with Crippen LogP contribution < -0.4 is 0 Å². The normalized spacial score (nSPS) is 10.8. The second-order valence-electron chi connectivity index (χ2n) is 2.31. The summed E-state index contributed by atoms with van der Waals surface area (Å²) in [5, 5.41) is 0. The molecule has 0 saturated carbocycles. The quantitative estimate of drug-likeness (QED) is 0.462. The highest BCUT2D eigenvalue weighted by atomic mass is 31.2. The van der Waals surface area contributed by atoms with E-state index >= 15 is 0 Å². The molecule has 7 nitrogen and oxygen atoms in total. The van der Waals surface area contributed by atoms with Gasteiger partial charge in [0.25, 0.3) is 0 Å². The highest BCUT2D eigenvalue weighted by Crippen LogP contribution is 2.25. The van der Waals surface area contributed by atoms with Crippen molar-refractivity contribution in [2.24, 2.45) is 0 Å². The molecular formula is C6H8N3O4P. The van der Waals surface area contributed by atoms with Gasteiger partial charge in [-0.25, -0.2) is 14.5 Å². The van der Waals surface area contributed by atoms with Crippen LogP contribution >= 0.6 is 7.82 Å². The van der Waals surface area contributed by atoms with Gasteiger partial charge in [-0.2, -0.15) is 0 Å². The van der Waals surface area contributed by atoms with Gasteiger partial charge in [-0.3, -0.25) is 0 Å². The Morgan fingerprint density at radius 2 is 2.00 bits per heavy atom. The number of aromatic nitrogens is 3. The van der Waals surface area contributed by atoms with E-state index in [1.165, 1.54) is 6.33 Å². The smallest absolute Gasteiger partial charge is 0.359 e. The first-order valence-corrected chi connectivity index (χ1v) is 5.05. The minimum atomic E-state index is -4.64. The molecule has 2 aromatic rings. The first kappa shape index (κ1) is 10.8. The third-order valence-corrected chi connectivity index (χ3v) is 1.22. The predicted octanol–water partition coefficient (Wildman–Crippen LogP) is 0.0293. The third kappa shape index (κ3) is 4.11. The number of aromatic amines is 1. The van der Waals surface area contributed by atoms with Gasteiger partial charge in [-0.1, -0.05) is 0 Å². The Labute approximate surface area is 78.7 Å². The molecule has 0 saturated heterocycles. The summed E-state index contributed by atoms with van der Waals surface area (Å²) in [7, 11) is -4.64. The molecule has 76 valence electrons. The molecule has 0 aliphatic carbocycles. The molecule has 0 spiro atoms. The van der Waals surface area contributed by atoms with Crippen LogP contribution in [0.3, 0.4) is 0 Å². The predicted molar refractivity (Wildman–Crippen MR) is 48.2 cm³/mol. The number of hydrogen-bond acceptors (Lipinski definition) is 3. The molecule has 8 heteroatoms. The zero-order chi connectivity index (χ0) is 10.6. The lowest BCUT2D eigenvalue weighted by Gasteiger charge is -1.82. The van der Waals surface area contributed by atoms with Crippen LogP contribution in [0.5, 0.6) is 0 Å². The Hall–Kier alpha value is -1.27. The van der Waals surface area contributed by atoms with Crippen molar-refractivity contribution in [2.45, 2.75) is 0 Å². The molecule has 14 heavy (non-hydrogen) atoms. The van der Waals surface area contributed by atoms with E-state index in [0.717, 1.165) is 11.0 Å². The average Bonchev–Trinajstić information content (AvgIpc) is 2.47. The lowest BCUT2D eigenvalue weighted by atomic mass is 10.5. The third-order valence-electron chi connectivity index (χ3n) is 1.22. The van der Waals surface area contributed by atoms with Crippen molar-refractivity contribution >= 4 is 18.9 Å². The van der Waals surface area contributed by atoms with E-state index in [4.69, 9.17) is 19.2 Å². The number of rotatable bonds is 0. The van der Waals surface area contributed by atoms with Crippen LogP contribution in [-0.2, 0) is 4.57 Å². The fraction of sp³-hybridized carbons (Fsp3) is 0. The molecule has 0 bridgehead atoms. The summed E-state index contributed by atoms with van der Waals surface area (Å²) in [6, 6.07) is 1.91. The molecule has 0 amide bonds. The van der Waals surface area contributed by atoms with Gasteiger partial charge < -0.3 is 19.7 Å². The van der Waals surface area contributed by atoms with Gasteiger partial charge in [0, 0.05) is 6.20 Å². The molecular weight excluding hydrogens is 209 g/mol. The molecule has 0 aliphatic rings. The summed E-state index contributed by atoms with van der Waals surface area (Å²) in [4.78, 5) is 32.4. The lowest BCUT2D eigenvalue weighted by molar-refractivity contribution is 0.275. The van der Waals surface area contributed by atoms with Crippen LogP contribution in [0.2, 0.25) is 0 Å². The molecule has 4 N–H and O–H groups in total. The molecule has 0 aromatic carbocycles. The van der Waals surface area contributed by atoms with Crippen LogP contribution in [0.1, 0.15) is 0 Å². The Kier molecular flexibility index (Phi) is 3.32. The summed E-state index contributed by atoms with van der Waals surface area (Å²) >= 11 is 0. The monoisotopic (exact) mass is 217 g/mol. The molecule has 2 heterocycles. The minimum absolute atomic E-state index is 0.963. The fourth-order valence-electron chi connectivity index (χ4n) is 0.793. The van der Waals surface area contributed by atoms with Crippen LogP contribution in [0.4, 0.5) is 0 Å². The summed E-state index contributed by atoms with van der Waals surface area (Å²) in [6.07, 6.45) is 5.14. The Balaban J connectivity index is 0.000000171. The maximum atomic E-state index is 8.88. The summed E-state index contributed by atoms with van der Waals surface area (Å²) in [6.45, 7) is 0. The highest BCUT2D eigenvalue weighted by Gasteiger charge is 2.00. The van der Waals surface area contributed by atoms with Gasteiger partial charge in [-0.15, -0.1) is 0 Å². The zero-order valence-electron chi connectivity index (χ0n) is 6.90. The van der Waals surface area contributed by atoms with Gasteiger partial charge in [0.2, 0.25) is 0 Å². The molecule has 0 aliphatic heterocycles. The Bertz CT molecular complexity index is 413. The maximum absolute atomic E-state index is 8.88. The molecule has 2 aromatic heterocycles. The van der Waals surface area contributed by atoms with Crippen LogP contribution in [0, 0.1) is 0 Å². The van der Waals surface area contributed by atoms with Crippen molar-refractivity contribution in [1.29, 1.82) is 0 Å². The van der Waals surface area contributed by atoms with Gasteiger partial charge in [0.15, 0.2) is 0 Å². The molecule has 0 unspecified atom stereocenters. The van der Waals surface area contributed by atoms with E-state index in [0.29, 0.717) is 0 Å². The number of hydrogen-bond donors (Lipinski definition) is 4. The molecule has 0 atom stereocenters. The number of H-pyrrole nitrogens is 1. The standard InChI is InChI=1S/C6H5N3.H3O4P/c1-2-8-6-3-7-4-9-5(1)6;1-5(2,3)4/h1-4,8H;(H3,1,2,3,4). The van der Waals surface area contributed by atoms with Crippen molar-refractivity contribution in [2.75, 3.05) is 0 Å². The molecule has 0 radical (unpaired) electrons. The van der Waals surface area contributed by atoms with E-state index in [1.54, 1.807) is 6.20 Å². The van der Waals surface area contributed by atoms with Crippen LogP contribution in [-0.4, -0.2) is 29.6 Å². The van der Waals surface area contributed by atoms with E-state index in [1.807, 2.05) is 12.3 Å². The van der Waals surface area contributed by atoms with Crippen molar-refractivity contribution in [3.63, 3.8) is 0 Å². The highest BCUT2D eigenvalue weighted by molar-refractivity contribution is 7.45. The van der Waals surface area contributed by atoms with Gasteiger partial charge in [0.05, 0.1) is 17.2 Å². The summed E-state index contributed by atoms with van der Waals surface area (Å²) in [5.74, 6) is 0. The largest absolute Gasteiger partial charge is 0.466 e. The van der Waals surface area contributed by atoms with Crippen LogP contribution in [0.15, 0.2) is 24.8 Å². The van der Waals surface area contributed by atoms with E-state index in [2.05, 4.69) is 15.0 Å². The second-order valence-corrected chi connectivity index (χ2v) is 3.34. The summed E-state index contributed by atoms with van der Waals surface area (Å²) < 4.78 is 8.88. The second kappa shape index (κ2) is 4.30. The van der Waals surface area contributed by atoms with Crippen LogP contribution in [0.25, 0.3) is 11.0 Å². The topological polar surface area (TPSA) is 119 Å². The molecule has 2 rings (SSSR count). The van der Waals surface area contributed by atoms with Gasteiger partial charge in [0.1, 0.15) is 6.33 Å². The number of nitrogens with zero attached hydrogens (tertiary/aromatic N) is 2. The van der Waals surface area contributed by atoms with Crippen molar-refractivity contribution < 1.29 is 19.2 Å². The number of fused-ring (bicyclic) bond motifs is 1. The molecule has 0 fully saturated rings. The van der Waals surface area contributed by atoms with Gasteiger partial charge in [-0.05, 0) is 6.07 Å². The van der Waals surface area contributed by atoms with Crippen molar-refractivity contribution in [1.82, 2.24) is 15.0 Å². The maximum Gasteiger partial charge on any atom is 0.466 e. The van der Waals surface area contributed by atoms with E-state index in [9.17, 15) is 0 Å². The zero-order valence-corrected chi connectivity index (χ0v) is 7.80. The van der Waals surface area contributed by atoms with Crippen molar-refractivity contribution in [3.05, 3.63) is 24.8 Å².